The van der Waals surface area contributed by atoms with Crippen LogP contribution in [0.4, 0.5) is 18.9 Å². The van der Waals surface area contributed by atoms with E-state index in [-0.39, 0.29) is 5.69 Å². The molecule has 0 amide bonds. The monoisotopic (exact) mass is 187 g/mol. The Labute approximate surface area is 72.1 Å². The third kappa shape index (κ3) is 1.90. The number of rotatable bonds is 0. The number of hydrogen-bond acceptors (Lipinski definition) is 1. The van der Waals surface area contributed by atoms with Gasteiger partial charge in [-0.2, -0.15) is 13.2 Å². The van der Waals surface area contributed by atoms with Crippen molar-refractivity contribution in [1.82, 2.24) is 0 Å². The van der Waals surface area contributed by atoms with Gasteiger partial charge in [-0.1, -0.05) is 12.1 Å². The van der Waals surface area contributed by atoms with E-state index in [4.69, 9.17) is 11.7 Å². The van der Waals surface area contributed by atoms with Gasteiger partial charge < -0.3 is 5.11 Å². The van der Waals surface area contributed by atoms with Crippen molar-refractivity contribution in [1.29, 1.82) is 0 Å². The number of halogens is 3. The summed E-state index contributed by atoms with van der Waals surface area (Å²) in [5.74, 6) is -0.648. The first-order valence-electron chi connectivity index (χ1n) is 3.23. The summed E-state index contributed by atoms with van der Waals surface area (Å²) >= 11 is 0. The van der Waals surface area contributed by atoms with Crippen LogP contribution in [0, 0.1) is 6.57 Å². The highest BCUT2D eigenvalue weighted by atomic mass is 19.4. The Morgan fingerprint density at radius 2 is 1.92 bits per heavy atom. The maximum Gasteiger partial charge on any atom is 0.416 e. The Balaban J connectivity index is 3.20. The molecule has 0 aliphatic carbocycles. The Morgan fingerprint density at radius 1 is 1.31 bits per heavy atom. The normalized spacial score (nSPS) is 10.9. The summed E-state index contributed by atoms with van der Waals surface area (Å²) in [7, 11) is 0. The minimum Gasteiger partial charge on any atom is -0.519 e. The van der Waals surface area contributed by atoms with Crippen molar-refractivity contribution in [3.63, 3.8) is 0 Å². The van der Waals surface area contributed by atoms with Gasteiger partial charge in [0.15, 0.2) is 0 Å². The fourth-order valence-electron chi connectivity index (χ4n) is 0.794. The predicted molar refractivity (Wildman–Crippen MR) is 39.4 cm³/mol. The zero-order valence-electron chi connectivity index (χ0n) is 6.26. The van der Waals surface area contributed by atoms with E-state index >= 15 is 0 Å². The molecule has 13 heavy (non-hydrogen) atoms. The van der Waals surface area contributed by atoms with Crippen molar-refractivity contribution in [2.45, 2.75) is 6.18 Å². The van der Waals surface area contributed by atoms with E-state index in [0.717, 1.165) is 12.1 Å². The molecular formula is C8H4F3NO. The summed E-state index contributed by atoms with van der Waals surface area (Å²) in [6.45, 7) is 6.49. The number of alkyl halides is 3. The van der Waals surface area contributed by atoms with E-state index < -0.39 is 17.5 Å². The van der Waals surface area contributed by atoms with Crippen LogP contribution >= 0.6 is 0 Å². The molecule has 0 bridgehead atoms. The van der Waals surface area contributed by atoms with Gasteiger partial charge in [-0.15, -0.1) is 0 Å². The van der Waals surface area contributed by atoms with Crippen LogP contribution < -0.4 is 0 Å². The van der Waals surface area contributed by atoms with E-state index in [1.54, 1.807) is 0 Å². The standard InChI is InChI=1S/C8H4F3NO/c1-12-6-3-2-5(4-7(6)13)8(9,10)11/h2-4,13H. The van der Waals surface area contributed by atoms with Crippen molar-refractivity contribution in [3.8, 4) is 5.75 Å². The third-order valence-corrected chi connectivity index (χ3v) is 1.42. The molecule has 0 spiro atoms. The predicted octanol–water partition coefficient (Wildman–Crippen LogP) is 2.96. The van der Waals surface area contributed by atoms with Gasteiger partial charge in [-0.25, -0.2) is 4.85 Å². The molecule has 0 unspecified atom stereocenters. The molecule has 1 rings (SSSR count). The van der Waals surface area contributed by atoms with Crippen LogP contribution in [0.2, 0.25) is 0 Å². The summed E-state index contributed by atoms with van der Waals surface area (Å²) in [5.41, 5.74) is -1.15. The van der Waals surface area contributed by atoms with Crippen LogP contribution in [0.1, 0.15) is 5.56 Å². The maximum atomic E-state index is 12.0. The molecule has 2 nitrogen and oxygen atoms in total. The SMILES string of the molecule is [C-]#[N+]c1ccc(C(F)(F)F)cc1O. The summed E-state index contributed by atoms with van der Waals surface area (Å²) in [5, 5.41) is 8.94. The molecule has 1 aromatic carbocycles. The van der Waals surface area contributed by atoms with Crippen LogP contribution in [0.25, 0.3) is 4.85 Å². The highest BCUT2D eigenvalue weighted by Crippen LogP contribution is 2.35. The molecule has 0 aromatic heterocycles. The molecule has 0 saturated heterocycles. The molecule has 0 aliphatic rings. The summed E-state index contributed by atoms with van der Waals surface area (Å²) < 4.78 is 36.0. The van der Waals surface area contributed by atoms with Gasteiger partial charge in [-0.05, 0) is 6.07 Å². The molecule has 1 N–H and O–H groups in total. The fourth-order valence-corrected chi connectivity index (χ4v) is 0.794. The van der Waals surface area contributed by atoms with E-state index in [1.165, 1.54) is 0 Å². The van der Waals surface area contributed by atoms with Crippen molar-refractivity contribution < 1.29 is 18.3 Å². The van der Waals surface area contributed by atoms with Crippen LogP contribution in [0.15, 0.2) is 18.2 Å². The van der Waals surface area contributed by atoms with E-state index in [2.05, 4.69) is 4.85 Å². The number of benzene rings is 1. The lowest BCUT2D eigenvalue weighted by atomic mass is 10.2. The number of phenolic OH excluding ortho intramolecular Hbond substituents is 1. The van der Waals surface area contributed by atoms with Crippen LogP contribution in [-0.2, 0) is 6.18 Å². The minimum absolute atomic E-state index is 0.187. The first kappa shape index (κ1) is 9.39. The zero-order valence-corrected chi connectivity index (χ0v) is 6.26. The van der Waals surface area contributed by atoms with E-state index in [0.29, 0.717) is 6.07 Å². The lowest BCUT2D eigenvalue weighted by Gasteiger charge is -2.06. The first-order valence-corrected chi connectivity index (χ1v) is 3.23. The molecule has 0 saturated carbocycles. The molecule has 0 heterocycles. The van der Waals surface area contributed by atoms with Crippen LogP contribution in [0.3, 0.4) is 0 Å². The quantitative estimate of drug-likeness (QED) is 0.620. The Morgan fingerprint density at radius 3 is 2.31 bits per heavy atom. The highest BCUT2D eigenvalue weighted by molar-refractivity contribution is 5.57. The van der Waals surface area contributed by atoms with Gasteiger partial charge in [0.2, 0.25) is 5.69 Å². The van der Waals surface area contributed by atoms with Gasteiger partial charge in [0.1, 0.15) is 5.75 Å². The third-order valence-electron chi connectivity index (χ3n) is 1.42. The van der Waals surface area contributed by atoms with Crippen LogP contribution in [0.5, 0.6) is 5.75 Å². The maximum absolute atomic E-state index is 12.0. The van der Waals surface area contributed by atoms with Gasteiger partial charge in [0.05, 0.1) is 12.1 Å². The first-order chi connectivity index (χ1) is 5.95. The average molecular weight is 187 g/mol. The molecule has 5 heteroatoms. The van der Waals surface area contributed by atoms with Gasteiger partial charge in [0, 0.05) is 0 Å². The second-order valence-corrected chi connectivity index (χ2v) is 2.31. The number of nitrogens with zero attached hydrogens (tertiary/aromatic N) is 1. The van der Waals surface area contributed by atoms with Gasteiger partial charge in [0.25, 0.3) is 0 Å². The topological polar surface area (TPSA) is 24.6 Å². The number of hydrogen-bond donors (Lipinski definition) is 1. The molecule has 0 radical (unpaired) electrons. The van der Waals surface area contributed by atoms with Gasteiger partial charge >= 0.3 is 6.18 Å². The zero-order chi connectivity index (χ0) is 10.1. The molecule has 1 aromatic rings. The van der Waals surface area contributed by atoms with E-state index in [9.17, 15) is 13.2 Å². The highest BCUT2D eigenvalue weighted by Gasteiger charge is 2.30. The molecule has 0 fully saturated rings. The lowest BCUT2D eigenvalue weighted by Crippen LogP contribution is -2.03. The van der Waals surface area contributed by atoms with Crippen molar-refractivity contribution >= 4 is 5.69 Å². The second-order valence-electron chi connectivity index (χ2n) is 2.31. The second kappa shape index (κ2) is 2.98. The van der Waals surface area contributed by atoms with Crippen molar-refractivity contribution in [2.75, 3.05) is 0 Å². The molecule has 68 valence electrons. The van der Waals surface area contributed by atoms with Gasteiger partial charge in [-0.3, -0.25) is 0 Å². The van der Waals surface area contributed by atoms with Crippen molar-refractivity contribution in [2.24, 2.45) is 0 Å². The van der Waals surface area contributed by atoms with Crippen molar-refractivity contribution in [3.05, 3.63) is 35.2 Å². The smallest absolute Gasteiger partial charge is 0.416 e. The summed E-state index contributed by atoms with van der Waals surface area (Å²) in [6.07, 6.45) is -4.49. The van der Waals surface area contributed by atoms with Crippen LogP contribution in [-0.4, -0.2) is 5.11 Å². The minimum atomic E-state index is -4.49. The number of aromatic hydroxyl groups is 1. The Bertz CT molecular complexity index is 365. The molecule has 0 atom stereocenters. The molecule has 0 aliphatic heterocycles. The average Bonchev–Trinajstić information content (AvgIpc) is 2.02. The summed E-state index contributed by atoms with van der Waals surface area (Å²) in [4.78, 5) is 2.83. The largest absolute Gasteiger partial charge is 0.519 e. The fraction of sp³-hybridized carbons (Fsp3) is 0.125. The molecular weight excluding hydrogens is 183 g/mol. The Kier molecular flexibility index (Phi) is 2.15. The lowest BCUT2D eigenvalue weighted by molar-refractivity contribution is -0.137. The number of phenols is 1. The summed E-state index contributed by atoms with van der Waals surface area (Å²) in [6, 6.07) is 2.23. The van der Waals surface area contributed by atoms with E-state index in [1.807, 2.05) is 0 Å². The Hall–Kier alpha value is -1.70.